The van der Waals surface area contributed by atoms with Crippen molar-refractivity contribution in [2.75, 3.05) is 0 Å². The Balaban J connectivity index is 1.42. The van der Waals surface area contributed by atoms with Gasteiger partial charge < -0.3 is 5.11 Å². The molecule has 192 valence electrons. The third kappa shape index (κ3) is 5.51. The molecule has 3 aromatic carbocycles. The lowest BCUT2D eigenvalue weighted by atomic mass is 9.98. The summed E-state index contributed by atoms with van der Waals surface area (Å²) in [7, 11) is 0. The van der Waals surface area contributed by atoms with E-state index >= 15 is 0 Å². The van der Waals surface area contributed by atoms with Gasteiger partial charge in [0.15, 0.2) is 11.6 Å². The summed E-state index contributed by atoms with van der Waals surface area (Å²) in [6, 6.07) is 24.3. The molecule has 1 atom stereocenters. The standard InChI is InChI=1S/C29H29N7O2/c1-3-19(2)27-30-29(23-15-8-20(9-16-23)12-17-26(37)38)36(33-27)18-21-10-13-22(14-11-21)24-6-4-5-7-25(24)28-31-34-35-32-28/h4-11,13-16,19H,3,12,17-18H2,1-2H3,(H,37,38)(H,31,32,34,35). The van der Waals surface area contributed by atoms with Crippen LogP contribution in [-0.4, -0.2) is 46.5 Å². The number of aromatic amines is 1. The summed E-state index contributed by atoms with van der Waals surface area (Å²) in [6.45, 7) is 4.84. The van der Waals surface area contributed by atoms with Gasteiger partial charge in [0.25, 0.3) is 0 Å². The summed E-state index contributed by atoms with van der Waals surface area (Å²) >= 11 is 0. The number of carbonyl (C=O) groups is 1. The Morgan fingerprint density at radius 2 is 1.63 bits per heavy atom. The zero-order chi connectivity index (χ0) is 26.5. The summed E-state index contributed by atoms with van der Waals surface area (Å²) in [6.07, 6.45) is 1.57. The molecule has 0 aliphatic carbocycles. The largest absolute Gasteiger partial charge is 0.481 e. The maximum atomic E-state index is 10.9. The number of aryl methyl sites for hydroxylation is 1. The molecular formula is C29H29N7O2. The normalized spacial score (nSPS) is 11.9. The second-order valence-electron chi connectivity index (χ2n) is 9.33. The van der Waals surface area contributed by atoms with Crippen molar-refractivity contribution < 1.29 is 9.90 Å². The lowest BCUT2D eigenvalue weighted by Crippen LogP contribution is -2.05. The first-order chi connectivity index (χ1) is 18.5. The number of rotatable bonds is 10. The number of hydrogen-bond acceptors (Lipinski definition) is 6. The Bertz CT molecular complexity index is 1510. The SMILES string of the molecule is CCC(C)c1nc(-c2ccc(CCC(=O)O)cc2)n(Cc2ccc(-c3ccccc3-c3nn[nH]n3)cc2)n1. The third-order valence-corrected chi connectivity index (χ3v) is 6.69. The molecule has 0 amide bonds. The molecule has 38 heavy (non-hydrogen) atoms. The molecule has 0 saturated heterocycles. The number of aliphatic carboxylic acids is 1. The Labute approximate surface area is 220 Å². The molecule has 0 spiro atoms. The van der Waals surface area contributed by atoms with Crippen molar-refractivity contribution in [1.29, 1.82) is 0 Å². The van der Waals surface area contributed by atoms with Crippen molar-refractivity contribution in [2.24, 2.45) is 0 Å². The highest BCUT2D eigenvalue weighted by atomic mass is 16.4. The topological polar surface area (TPSA) is 122 Å². The molecule has 1 unspecified atom stereocenters. The Kier molecular flexibility index (Phi) is 7.35. The molecule has 2 heterocycles. The molecule has 0 aliphatic rings. The second-order valence-corrected chi connectivity index (χ2v) is 9.33. The van der Waals surface area contributed by atoms with Crippen molar-refractivity contribution in [1.82, 2.24) is 35.4 Å². The molecule has 9 heteroatoms. The third-order valence-electron chi connectivity index (χ3n) is 6.69. The van der Waals surface area contributed by atoms with E-state index in [9.17, 15) is 4.79 Å². The van der Waals surface area contributed by atoms with E-state index in [4.69, 9.17) is 15.2 Å². The molecule has 0 radical (unpaired) electrons. The van der Waals surface area contributed by atoms with Crippen molar-refractivity contribution in [3.05, 3.63) is 89.7 Å². The fraction of sp³-hybridized carbons (Fsp3) is 0.241. The molecule has 5 aromatic rings. The predicted molar refractivity (Wildman–Crippen MR) is 144 cm³/mol. The molecule has 2 N–H and O–H groups in total. The van der Waals surface area contributed by atoms with Gasteiger partial charge in [-0.25, -0.2) is 9.67 Å². The molecule has 2 aromatic heterocycles. The van der Waals surface area contributed by atoms with Crippen LogP contribution in [-0.2, 0) is 17.8 Å². The number of tetrazole rings is 1. The zero-order valence-electron chi connectivity index (χ0n) is 21.4. The van der Waals surface area contributed by atoms with Crippen LogP contribution in [0.4, 0.5) is 0 Å². The maximum Gasteiger partial charge on any atom is 0.303 e. The zero-order valence-corrected chi connectivity index (χ0v) is 21.4. The highest BCUT2D eigenvalue weighted by molar-refractivity contribution is 5.80. The van der Waals surface area contributed by atoms with Gasteiger partial charge in [-0.05, 0) is 40.3 Å². The van der Waals surface area contributed by atoms with Crippen LogP contribution < -0.4 is 0 Å². The average molecular weight is 508 g/mol. The Morgan fingerprint density at radius 1 is 0.947 bits per heavy atom. The number of aromatic nitrogens is 7. The maximum absolute atomic E-state index is 10.9. The smallest absolute Gasteiger partial charge is 0.303 e. The summed E-state index contributed by atoms with van der Waals surface area (Å²) in [5.41, 5.74) is 6.05. The van der Waals surface area contributed by atoms with Gasteiger partial charge in [0.1, 0.15) is 0 Å². The van der Waals surface area contributed by atoms with Crippen molar-refractivity contribution in [2.45, 2.75) is 45.6 Å². The highest BCUT2D eigenvalue weighted by Crippen LogP contribution is 2.30. The minimum absolute atomic E-state index is 0.114. The van der Waals surface area contributed by atoms with Crippen molar-refractivity contribution in [3.63, 3.8) is 0 Å². The van der Waals surface area contributed by atoms with E-state index in [2.05, 4.69) is 64.8 Å². The number of nitrogens with one attached hydrogen (secondary N) is 1. The van der Waals surface area contributed by atoms with E-state index in [1.54, 1.807) is 0 Å². The number of carboxylic acids is 1. The van der Waals surface area contributed by atoms with Crippen LogP contribution in [0.25, 0.3) is 33.9 Å². The van der Waals surface area contributed by atoms with Crippen LogP contribution in [0, 0.1) is 0 Å². The van der Waals surface area contributed by atoms with Crippen LogP contribution in [0.15, 0.2) is 72.8 Å². The molecule has 0 fully saturated rings. The lowest BCUT2D eigenvalue weighted by molar-refractivity contribution is -0.136. The van der Waals surface area contributed by atoms with Gasteiger partial charge in [-0.3, -0.25) is 4.79 Å². The summed E-state index contributed by atoms with van der Waals surface area (Å²) < 4.78 is 1.95. The second kappa shape index (κ2) is 11.2. The van der Waals surface area contributed by atoms with Crippen LogP contribution in [0.5, 0.6) is 0 Å². The summed E-state index contributed by atoms with van der Waals surface area (Å²) in [5.74, 6) is 1.63. The first-order valence-electron chi connectivity index (χ1n) is 12.7. The molecule has 0 aliphatic heterocycles. The van der Waals surface area contributed by atoms with E-state index in [-0.39, 0.29) is 12.3 Å². The predicted octanol–water partition coefficient (Wildman–Crippen LogP) is 5.37. The highest BCUT2D eigenvalue weighted by Gasteiger charge is 2.17. The van der Waals surface area contributed by atoms with Crippen LogP contribution in [0.2, 0.25) is 0 Å². The lowest BCUT2D eigenvalue weighted by Gasteiger charge is -2.10. The average Bonchev–Trinajstić information content (AvgIpc) is 3.63. The molecule has 0 saturated carbocycles. The van der Waals surface area contributed by atoms with E-state index in [0.29, 0.717) is 18.8 Å². The Hall–Kier alpha value is -4.66. The van der Waals surface area contributed by atoms with E-state index < -0.39 is 5.97 Å². The molecule has 0 bridgehead atoms. The van der Waals surface area contributed by atoms with Crippen LogP contribution >= 0.6 is 0 Å². The Morgan fingerprint density at radius 3 is 2.29 bits per heavy atom. The van der Waals surface area contributed by atoms with Gasteiger partial charge >= 0.3 is 5.97 Å². The number of H-pyrrole nitrogens is 1. The molecule has 5 rings (SSSR count). The number of nitrogens with zero attached hydrogens (tertiary/aromatic N) is 6. The van der Waals surface area contributed by atoms with Crippen LogP contribution in [0.1, 0.15) is 49.6 Å². The van der Waals surface area contributed by atoms with Gasteiger partial charge in [-0.2, -0.15) is 10.3 Å². The van der Waals surface area contributed by atoms with Gasteiger partial charge in [-0.1, -0.05) is 86.6 Å². The van der Waals surface area contributed by atoms with E-state index in [1.807, 2.05) is 47.1 Å². The van der Waals surface area contributed by atoms with Gasteiger partial charge in [0.05, 0.1) is 6.54 Å². The molecular weight excluding hydrogens is 478 g/mol. The summed E-state index contributed by atoms with van der Waals surface area (Å²) in [4.78, 5) is 15.8. The van der Waals surface area contributed by atoms with Crippen molar-refractivity contribution >= 4 is 5.97 Å². The van der Waals surface area contributed by atoms with Crippen LogP contribution in [0.3, 0.4) is 0 Å². The minimum atomic E-state index is -0.795. The number of hydrogen-bond donors (Lipinski definition) is 2. The van der Waals surface area contributed by atoms with Gasteiger partial charge in [-0.15, -0.1) is 10.2 Å². The fourth-order valence-corrected chi connectivity index (χ4v) is 4.31. The number of carboxylic acid groups (broad SMARTS) is 1. The van der Waals surface area contributed by atoms with E-state index in [0.717, 1.165) is 51.5 Å². The first kappa shape index (κ1) is 25.0. The van der Waals surface area contributed by atoms with E-state index in [1.165, 1.54) is 0 Å². The quantitative estimate of drug-likeness (QED) is 0.260. The fourth-order valence-electron chi connectivity index (χ4n) is 4.31. The molecule has 9 nitrogen and oxygen atoms in total. The monoisotopic (exact) mass is 507 g/mol. The first-order valence-corrected chi connectivity index (χ1v) is 12.7. The minimum Gasteiger partial charge on any atom is -0.481 e. The van der Waals surface area contributed by atoms with Gasteiger partial charge in [0, 0.05) is 23.5 Å². The number of benzene rings is 3. The van der Waals surface area contributed by atoms with Crippen molar-refractivity contribution in [3.8, 4) is 33.9 Å². The van der Waals surface area contributed by atoms with Gasteiger partial charge in [0.2, 0.25) is 5.82 Å². The summed E-state index contributed by atoms with van der Waals surface area (Å²) in [5, 5.41) is 28.3.